The van der Waals surface area contributed by atoms with Crippen LogP contribution in [-0.2, 0) is 7.05 Å². The Morgan fingerprint density at radius 2 is 2.29 bits per heavy atom. The van der Waals surface area contributed by atoms with Crippen LogP contribution in [0.3, 0.4) is 0 Å². The third-order valence-electron chi connectivity index (χ3n) is 3.59. The quantitative estimate of drug-likeness (QED) is 0.801. The lowest BCUT2D eigenvalue weighted by atomic mass is 9.91. The van der Waals surface area contributed by atoms with Gasteiger partial charge >= 0.3 is 0 Å². The third-order valence-corrected chi connectivity index (χ3v) is 3.59. The van der Waals surface area contributed by atoms with Gasteiger partial charge in [0.1, 0.15) is 11.9 Å². The van der Waals surface area contributed by atoms with E-state index in [-0.39, 0.29) is 0 Å². The molecule has 1 N–H and O–H groups in total. The van der Waals surface area contributed by atoms with Gasteiger partial charge in [-0.15, -0.1) is 6.58 Å². The Morgan fingerprint density at radius 3 is 2.82 bits per heavy atom. The molecule has 1 aromatic heterocycles. The molecule has 1 aliphatic heterocycles. The first-order valence-electron chi connectivity index (χ1n) is 6.21. The van der Waals surface area contributed by atoms with E-state index in [2.05, 4.69) is 16.5 Å². The highest BCUT2D eigenvalue weighted by Crippen LogP contribution is 2.29. The van der Waals surface area contributed by atoms with Crippen molar-refractivity contribution in [3.05, 3.63) is 30.9 Å². The van der Waals surface area contributed by atoms with Crippen LogP contribution in [0, 0.1) is 5.92 Å². The first-order valence-corrected chi connectivity index (χ1v) is 6.21. The van der Waals surface area contributed by atoms with Gasteiger partial charge in [-0.25, -0.2) is 4.98 Å². The van der Waals surface area contributed by atoms with Gasteiger partial charge in [0, 0.05) is 26.0 Å². The van der Waals surface area contributed by atoms with Crippen LogP contribution in [0.25, 0.3) is 0 Å². The molecule has 1 fully saturated rings. The second-order valence-electron chi connectivity index (χ2n) is 4.77. The summed E-state index contributed by atoms with van der Waals surface area (Å²) in [7, 11) is 1.93. The average molecular weight is 235 g/mol. The molecule has 1 atom stereocenters. The van der Waals surface area contributed by atoms with E-state index in [0.29, 0.717) is 5.92 Å². The molecule has 1 aliphatic rings. The van der Waals surface area contributed by atoms with Crippen LogP contribution in [0.4, 0.5) is 0 Å². The van der Waals surface area contributed by atoms with Crippen LogP contribution >= 0.6 is 0 Å². The number of hydrogen-bond donors (Lipinski definition) is 1. The van der Waals surface area contributed by atoms with Gasteiger partial charge in [0.2, 0.25) is 0 Å². The van der Waals surface area contributed by atoms with Gasteiger partial charge in [0.05, 0.1) is 0 Å². The molecule has 4 nitrogen and oxygen atoms in total. The zero-order valence-electron chi connectivity index (χ0n) is 10.4. The molecule has 0 amide bonds. The predicted octanol–water partition coefficient (Wildman–Crippen LogP) is 1.35. The van der Waals surface area contributed by atoms with E-state index in [1.165, 1.54) is 0 Å². The molecule has 1 aromatic rings. The molecule has 0 spiro atoms. The number of nitrogens with zero attached hydrogens (tertiary/aromatic N) is 3. The molecule has 1 unspecified atom stereocenters. The van der Waals surface area contributed by atoms with E-state index in [1.54, 1.807) is 6.20 Å². The van der Waals surface area contributed by atoms with Gasteiger partial charge in [0.25, 0.3) is 0 Å². The molecule has 17 heavy (non-hydrogen) atoms. The van der Waals surface area contributed by atoms with Gasteiger partial charge < -0.3 is 9.67 Å². The fourth-order valence-electron chi connectivity index (χ4n) is 2.51. The Kier molecular flexibility index (Phi) is 3.97. The largest absolute Gasteiger partial charge is 0.385 e. The van der Waals surface area contributed by atoms with Crippen LogP contribution in [-0.4, -0.2) is 39.2 Å². The molecule has 0 bridgehead atoms. The van der Waals surface area contributed by atoms with Crippen molar-refractivity contribution in [1.82, 2.24) is 14.5 Å². The lowest BCUT2D eigenvalue weighted by Crippen LogP contribution is -2.36. The average Bonchev–Trinajstić information content (AvgIpc) is 2.76. The van der Waals surface area contributed by atoms with Crippen LogP contribution in [0.1, 0.15) is 24.8 Å². The summed E-state index contributed by atoms with van der Waals surface area (Å²) in [5.41, 5.74) is 0. The normalized spacial score (nSPS) is 20.4. The Bertz CT molecular complexity index is 366. The molecular formula is C13H21N3O. The molecule has 1 saturated heterocycles. The molecule has 0 radical (unpaired) electrons. The maximum Gasteiger partial charge on any atom is 0.137 e. The SMILES string of the molecule is C=CCN1CCC(C(O)c2nccn2C)CC1. The van der Waals surface area contributed by atoms with E-state index in [1.807, 2.05) is 23.9 Å². The minimum atomic E-state index is -0.430. The van der Waals surface area contributed by atoms with Gasteiger partial charge in [0.15, 0.2) is 0 Å². The lowest BCUT2D eigenvalue weighted by Gasteiger charge is -2.33. The van der Waals surface area contributed by atoms with Gasteiger partial charge in [-0.2, -0.15) is 0 Å². The minimum Gasteiger partial charge on any atom is -0.385 e. The first kappa shape index (κ1) is 12.3. The van der Waals surface area contributed by atoms with Crippen LogP contribution in [0.2, 0.25) is 0 Å². The highest BCUT2D eigenvalue weighted by atomic mass is 16.3. The fraction of sp³-hybridized carbons (Fsp3) is 0.615. The summed E-state index contributed by atoms with van der Waals surface area (Å²) >= 11 is 0. The number of rotatable bonds is 4. The second kappa shape index (κ2) is 5.47. The summed E-state index contributed by atoms with van der Waals surface area (Å²) in [6, 6.07) is 0. The number of likely N-dealkylation sites (tertiary alicyclic amines) is 1. The number of aromatic nitrogens is 2. The van der Waals surface area contributed by atoms with Crippen molar-refractivity contribution in [3.8, 4) is 0 Å². The molecule has 94 valence electrons. The van der Waals surface area contributed by atoms with Gasteiger partial charge in [-0.1, -0.05) is 6.08 Å². The summed E-state index contributed by atoms with van der Waals surface area (Å²) in [6.45, 7) is 6.79. The lowest BCUT2D eigenvalue weighted by molar-refractivity contribution is 0.0541. The summed E-state index contributed by atoms with van der Waals surface area (Å²) in [4.78, 5) is 6.60. The Balaban J connectivity index is 1.92. The maximum atomic E-state index is 10.3. The van der Waals surface area contributed by atoms with E-state index < -0.39 is 6.10 Å². The molecule has 0 aliphatic carbocycles. The van der Waals surface area contributed by atoms with E-state index in [9.17, 15) is 5.11 Å². The number of piperidine rings is 1. The molecule has 2 heterocycles. The fourth-order valence-corrected chi connectivity index (χ4v) is 2.51. The van der Waals surface area contributed by atoms with Crippen molar-refractivity contribution in [2.45, 2.75) is 18.9 Å². The van der Waals surface area contributed by atoms with Gasteiger partial charge in [-0.3, -0.25) is 4.90 Å². The summed E-state index contributed by atoms with van der Waals surface area (Å²) < 4.78 is 1.90. The molecule has 2 rings (SSSR count). The smallest absolute Gasteiger partial charge is 0.137 e. The first-order chi connectivity index (χ1) is 8.22. The van der Waals surface area contributed by atoms with Crippen molar-refractivity contribution in [1.29, 1.82) is 0 Å². The Labute approximate surface area is 103 Å². The van der Waals surface area contributed by atoms with Crippen molar-refractivity contribution >= 4 is 0 Å². The van der Waals surface area contributed by atoms with Crippen LogP contribution < -0.4 is 0 Å². The molecule has 4 heteroatoms. The zero-order chi connectivity index (χ0) is 12.3. The van der Waals surface area contributed by atoms with Gasteiger partial charge in [-0.05, 0) is 31.8 Å². The number of aliphatic hydroxyl groups excluding tert-OH is 1. The number of imidazole rings is 1. The van der Waals surface area contributed by atoms with Crippen LogP contribution in [0.5, 0.6) is 0 Å². The minimum absolute atomic E-state index is 0.331. The highest BCUT2D eigenvalue weighted by Gasteiger charge is 2.27. The van der Waals surface area contributed by atoms with Crippen molar-refractivity contribution < 1.29 is 5.11 Å². The number of hydrogen-bond acceptors (Lipinski definition) is 3. The molecular weight excluding hydrogens is 214 g/mol. The molecule has 0 aromatic carbocycles. The summed E-state index contributed by atoms with van der Waals surface area (Å²) in [5, 5.41) is 10.3. The topological polar surface area (TPSA) is 41.3 Å². The van der Waals surface area contributed by atoms with Crippen LogP contribution in [0.15, 0.2) is 25.0 Å². The zero-order valence-corrected chi connectivity index (χ0v) is 10.4. The monoisotopic (exact) mass is 235 g/mol. The maximum absolute atomic E-state index is 10.3. The Hall–Kier alpha value is -1.13. The highest BCUT2D eigenvalue weighted by molar-refractivity contribution is 4.98. The standard InChI is InChI=1S/C13H21N3O/c1-3-7-16-8-4-11(5-9-16)12(17)13-14-6-10-15(13)2/h3,6,10-12,17H,1,4-5,7-9H2,2H3. The number of aliphatic hydroxyl groups is 1. The summed E-state index contributed by atoms with van der Waals surface area (Å²) in [6.07, 6.45) is 7.19. The number of aryl methyl sites for hydroxylation is 1. The van der Waals surface area contributed by atoms with E-state index >= 15 is 0 Å². The van der Waals surface area contributed by atoms with E-state index in [0.717, 1.165) is 38.3 Å². The predicted molar refractivity (Wildman–Crippen MR) is 67.5 cm³/mol. The summed E-state index contributed by atoms with van der Waals surface area (Å²) in [5.74, 6) is 1.12. The third kappa shape index (κ3) is 2.76. The van der Waals surface area contributed by atoms with E-state index in [4.69, 9.17) is 0 Å². The Morgan fingerprint density at radius 1 is 1.59 bits per heavy atom. The second-order valence-corrected chi connectivity index (χ2v) is 4.77. The van der Waals surface area contributed by atoms with Crippen molar-refractivity contribution in [3.63, 3.8) is 0 Å². The van der Waals surface area contributed by atoms with Crippen molar-refractivity contribution in [2.75, 3.05) is 19.6 Å². The van der Waals surface area contributed by atoms with Crippen molar-refractivity contribution in [2.24, 2.45) is 13.0 Å². The molecule has 0 saturated carbocycles.